The lowest BCUT2D eigenvalue weighted by Gasteiger charge is -2.34. The number of halogens is 4. The zero-order valence-electron chi connectivity index (χ0n) is 31.2. The average molecular weight is 794 g/mol. The van der Waals surface area contributed by atoms with Gasteiger partial charge in [-0.05, 0) is 59.7 Å². The molecule has 1 fully saturated rings. The lowest BCUT2D eigenvalue weighted by atomic mass is 10.0. The Kier molecular flexibility index (Phi) is 10.5. The van der Waals surface area contributed by atoms with Gasteiger partial charge in [-0.15, -0.1) is 0 Å². The normalized spacial score (nSPS) is 13.5. The standard InChI is InChI=1S/C42H35F4N7O5/c1-51-35-21-31(14-11-28(35)20-36(51)41(54)53-17-15-52(16-18-53)24-26-9-12-29(13-10-26)56-25-42(44,45)46)57-37-23-47-34(22-48-37)40-49-39(50-58-40)33-8-4-7-32(38(33)43)27-5-3-6-30(19-27)55-2/h3-14,19-23H,15-18,24-25H2,1-2H3. The minimum absolute atomic E-state index is 0.0512. The summed E-state index contributed by atoms with van der Waals surface area (Å²) in [5, 5.41) is 4.84. The quantitative estimate of drug-likeness (QED) is 0.119. The molecule has 16 heteroatoms. The molecule has 12 nitrogen and oxygen atoms in total. The van der Waals surface area contributed by atoms with Crippen LogP contribution in [0.15, 0.2) is 108 Å². The van der Waals surface area contributed by atoms with E-state index < -0.39 is 18.6 Å². The summed E-state index contributed by atoms with van der Waals surface area (Å²) in [7, 11) is 3.37. The second-order valence-electron chi connectivity index (χ2n) is 13.6. The van der Waals surface area contributed by atoms with Gasteiger partial charge in [0.25, 0.3) is 11.8 Å². The molecule has 0 atom stereocenters. The summed E-state index contributed by atoms with van der Waals surface area (Å²) in [6.07, 6.45) is -1.56. The van der Waals surface area contributed by atoms with E-state index in [2.05, 4.69) is 25.0 Å². The molecule has 1 amide bonds. The summed E-state index contributed by atoms with van der Waals surface area (Å²) in [6.45, 7) is 1.60. The van der Waals surface area contributed by atoms with Crippen LogP contribution in [-0.2, 0) is 13.6 Å². The van der Waals surface area contributed by atoms with E-state index >= 15 is 4.39 Å². The number of benzene rings is 4. The van der Waals surface area contributed by atoms with Crippen LogP contribution in [-0.4, -0.2) is 86.5 Å². The highest BCUT2D eigenvalue weighted by molar-refractivity contribution is 5.99. The molecule has 4 heterocycles. The van der Waals surface area contributed by atoms with Crippen molar-refractivity contribution in [2.45, 2.75) is 12.7 Å². The number of nitrogens with zero attached hydrogens (tertiary/aromatic N) is 7. The van der Waals surface area contributed by atoms with Gasteiger partial charge in [0.2, 0.25) is 11.7 Å². The predicted octanol–water partition coefficient (Wildman–Crippen LogP) is 8.19. The van der Waals surface area contributed by atoms with Crippen LogP contribution in [0.2, 0.25) is 0 Å². The van der Waals surface area contributed by atoms with E-state index in [0.717, 1.165) is 16.5 Å². The number of aromatic nitrogens is 5. The van der Waals surface area contributed by atoms with Crippen LogP contribution < -0.4 is 14.2 Å². The van der Waals surface area contributed by atoms with Gasteiger partial charge in [0.05, 0.1) is 30.6 Å². The third kappa shape index (κ3) is 8.32. The number of aryl methyl sites for hydroxylation is 1. The number of hydrogen-bond donors (Lipinski definition) is 0. The second kappa shape index (κ2) is 16.0. The first-order valence-corrected chi connectivity index (χ1v) is 18.2. The largest absolute Gasteiger partial charge is 0.497 e. The number of piperazine rings is 1. The Labute approximate surface area is 329 Å². The number of carbonyl (C=O) groups is 1. The van der Waals surface area contributed by atoms with Gasteiger partial charge >= 0.3 is 6.18 Å². The van der Waals surface area contributed by atoms with Crippen molar-refractivity contribution in [3.63, 3.8) is 0 Å². The number of methoxy groups -OCH3 is 1. The third-order valence-corrected chi connectivity index (χ3v) is 9.74. The summed E-state index contributed by atoms with van der Waals surface area (Å²) in [6, 6.07) is 25.9. The zero-order valence-corrected chi connectivity index (χ0v) is 31.2. The van der Waals surface area contributed by atoms with Gasteiger partial charge in [0, 0.05) is 56.8 Å². The van der Waals surface area contributed by atoms with Crippen molar-refractivity contribution >= 4 is 16.8 Å². The molecular weight excluding hydrogens is 758 g/mol. The van der Waals surface area contributed by atoms with Crippen LogP contribution in [0.25, 0.3) is 45.0 Å². The highest BCUT2D eigenvalue weighted by Gasteiger charge is 2.29. The fourth-order valence-electron chi connectivity index (χ4n) is 6.72. The van der Waals surface area contributed by atoms with Crippen LogP contribution in [0, 0.1) is 5.82 Å². The van der Waals surface area contributed by atoms with E-state index in [4.69, 9.17) is 18.7 Å². The third-order valence-electron chi connectivity index (χ3n) is 9.74. The predicted molar refractivity (Wildman–Crippen MR) is 205 cm³/mol. The highest BCUT2D eigenvalue weighted by atomic mass is 19.4. The number of carbonyl (C=O) groups excluding carboxylic acids is 1. The number of ether oxygens (including phenoxy) is 3. The molecule has 0 aliphatic carbocycles. The molecule has 8 rings (SSSR count). The Morgan fingerprint density at radius 1 is 0.845 bits per heavy atom. The first-order valence-electron chi connectivity index (χ1n) is 18.2. The van der Waals surface area contributed by atoms with E-state index in [9.17, 15) is 18.0 Å². The van der Waals surface area contributed by atoms with Crippen molar-refractivity contribution in [2.75, 3.05) is 39.9 Å². The number of hydrogen-bond acceptors (Lipinski definition) is 10. The van der Waals surface area contributed by atoms with Crippen LogP contribution in [0.3, 0.4) is 0 Å². The summed E-state index contributed by atoms with van der Waals surface area (Å²) in [4.78, 5) is 30.8. The van der Waals surface area contributed by atoms with Crippen LogP contribution >= 0.6 is 0 Å². The van der Waals surface area contributed by atoms with Gasteiger partial charge in [0.1, 0.15) is 34.5 Å². The van der Waals surface area contributed by atoms with Crippen molar-refractivity contribution in [3.05, 3.63) is 120 Å². The Balaban J connectivity index is 0.884. The van der Waals surface area contributed by atoms with Crippen molar-refractivity contribution in [1.29, 1.82) is 0 Å². The van der Waals surface area contributed by atoms with Gasteiger partial charge in [0.15, 0.2) is 6.61 Å². The van der Waals surface area contributed by atoms with Crippen molar-refractivity contribution in [1.82, 2.24) is 34.5 Å². The molecule has 1 aliphatic heterocycles. The summed E-state index contributed by atoms with van der Waals surface area (Å²) in [5.41, 5.74) is 3.69. The van der Waals surface area contributed by atoms with Crippen LogP contribution in [0.5, 0.6) is 23.1 Å². The molecule has 296 valence electrons. The molecule has 4 aromatic carbocycles. The fraction of sp³-hybridized carbons (Fsp3) is 0.214. The average Bonchev–Trinajstić information content (AvgIpc) is 3.85. The van der Waals surface area contributed by atoms with E-state index in [0.29, 0.717) is 61.0 Å². The molecule has 0 unspecified atom stereocenters. The summed E-state index contributed by atoms with van der Waals surface area (Å²) < 4.78 is 76.3. The molecular formula is C42H35F4N7O5. The Morgan fingerprint density at radius 3 is 2.34 bits per heavy atom. The maximum atomic E-state index is 15.7. The van der Waals surface area contributed by atoms with Crippen molar-refractivity contribution in [3.8, 4) is 57.2 Å². The molecule has 0 radical (unpaired) electrons. The van der Waals surface area contributed by atoms with Crippen LogP contribution in [0.1, 0.15) is 16.1 Å². The van der Waals surface area contributed by atoms with Gasteiger partial charge < -0.3 is 28.2 Å². The number of alkyl halides is 3. The maximum Gasteiger partial charge on any atom is 0.422 e. The molecule has 7 aromatic rings. The summed E-state index contributed by atoms with van der Waals surface area (Å²) >= 11 is 0. The minimum atomic E-state index is -4.39. The number of amides is 1. The monoisotopic (exact) mass is 793 g/mol. The van der Waals surface area contributed by atoms with Gasteiger partial charge in [-0.25, -0.2) is 14.4 Å². The van der Waals surface area contributed by atoms with E-state index in [1.165, 1.54) is 24.5 Å². The van der Waals surface area contributed by atoms with E-state index in [1.807, 2.05) is 34.7 Å². The maximum absolute atomic E-state index is 15.7. The van der Waals surface area contributed by atoms with Crippen molar-refractivity contribution in [2.24, 2.45) is 7.05 Å². The molecule has 3 aromatic heterocycles. The lowest BCUT2D eigenvalue weighted by Crippen LogP contribution is -2.48. The first-order chi connectivity index (χ1) is 28.0. The minimum Gasteiger partial charge on any atom is -0.497 e. The second-order valence-corrected chi connectivity index (χ2v) is 13.6. The molecule has 0 bridgehead atoms. The van der Waals surface area contributed by atoms with Gasteiger partial charge in [-0.1, -0.05) is 41.6 Å². The van der Waals surface area contributed by atoms with Crippen molar-refractivity contribution < 1.29 is 41.1 Å². The zero-order chi connectivity index (χ0) is 40.4. The fourth-order valence-corrected chi connectivity index (χ4v) is 6.72. The SMILES string of the molecule is COc1cccc(-c2cccc(-c3noc(-c4cnc(Oc5ccc6cc(C(=O)N7CCN(Cc8ccc(OCC(F)(F)F)cc8)CC7)n(C)c6c5)cn4)n3)c2F)c1. The molecule has 1 saturated heterocycles. The number of rotatable bonds is 11. The molecule has 0 saturated carbocycles. The van der Waals surface area contributed by atoms with E-state index in [-0.39, 0.29) is 40.5 Å². The van der Waals surface area contributed by atoms with E-state index in [1.54, 1.807) is 67.8 Å². The lowest BCUT2D eigenvalue weighted by molar-refractivity contribution is -0.153. The molecule has 0 N–H and O–H groups in total. The van der Waals surface area contributed by atoms with Gasteiger partial charge in [-0.2, -0.15) is 18.2 Å². The Bertz CT molecular complexity index is 2570. The first kappa shape index (κ1) is 38.1. The van der Waals surface area contributed by atoms with Crippen LogP contribution in [0.4, 0.5) is 17.6 Å². The van der Waals surface area contributed by atoms with Gasteiger partial charge in [-0.3, -0.25) is 9.69 Å². The molecule has 1 aliphatic rings. The number of fused-ring (bicyclic) bond motifs is 1. The highest BCUT2D eigenvalue weighted by Crippen LogP contribution is 2.33. The summed E-state index contributed by atoms with van der Waals surface area (Å²) in [5.74, 6) is 0.953. The topological polar surface area (TPSA) is 121 Å². The smallest absolute Gasteiger partial charge is 0.422 e. The Hall–Kier alpha value is -6.81. The Morgan fingerprint density at radius 2 is 1.60 bits per heavy atom. The molecule has 0 spiro atoms. The molecule has 58 heavy (non-hydrogen) atoms.